The second-order valence-corrected chi connectivity index (χ2v) is 6.19. The zero-order valence-corrected chi connectivity index (χ0v) is 14.0. The number of benzene rings is 2. The predicted octanol–water partition coefficient (Wildman–Crippen LogP) is 2.22. The monoisotopic (exact) mass is 352 g/mol. The highest BCUT2D eigenvalue weighted by Crippen LogP contribution is 2.30. The highest BCUT2D eigenvalue weighted by molar-refractivity contribution is 6.22. The third kappa shape index (κ3) is 2.99. The lowest BCUT2D eigenvalue weighted by Crippen LogP contribution is -2.46. The van der Waals surface area contributed by atoms with Crippen LogP contribution in [-0.2, 0) is 4.79 Å². The zero-order chi connectivity index (χ0) is 18.8. The largest absolute Gasteiger partial charge is 0.301 e. The van der Waals surface area contributed by atoms with Crippen LogP contribution in [0.2, 0.25) is 0 Å². The number of aryl methyl sites for hydroxylation is 1. The molecule has 1 aliphatic heterocycles. The van der Waals surface area contributed by atoms with Crippen molar-refractivity contribution in [2.75, 3.05) is 6.54 Å². The fourth-order valence-corrected chi connectivity index (χ4v) is 3.20. The van der Waals surface area contributed by atoms with Gasteiger partial charge in [-0.25, -0.2) is 0 Å². The summed E-state index contributed by atoms with van der Waals surface area (Å²) in [7, 11) is 0. The number of carbonyl (C=O) groups is 3. The van der Waals surface area contributed by atoms with Crippen LogP contribution in [0.25, 0.3) is 0 Å². The van der Waals surface area contributed by atoms with Crippen molar-refractivity contribution in [3.05, 3.63) is 80.9 Å². The van der Waals surface area contributed by atoms with Gasteiger partial charge in [0.1, 0.15) is 12.3 Å². The van der Waals surface area contributed by atoms with Gasteiger partial charge in [-0.15, -0.1) is 0 Å². The van der Waals surface area contributed by atoms with Crippen molar-refractivity contribution in [2.45, 2.75) is 18.9 Å². The molecule has 3 rings (SSSR count). The van der Waals surface area contributed by atoms with Gasteiger partial charge in [-0.2, -0.15) is 0 Å². The average Bonchev–Trinajstić information content (AvgIpc) is 2.87. The third-order valence-corrected chi connectivity index (χ3v) is 4.53. The SMILES string of the molecule is Cc1ccc([C@H](C[N+](=O)[O-])[C@H](C=O)N2C(=O)c3ccccc3C2=O)cc1. The average molecular weight is 352 g/mol. The van der Waals surface area contributed by atoms with Gasteiger partial charge in [0.2, 0.25) is 6.54 Å². The summed E-state index contributed by atoms with van der Waals surface area (Å²) in [4.78, 5) is 48.6. The molecule has 0 fully saturated rings. The summed E-state index contributed by atoms with van der Waals surface area (Å²) in [6.45, 7) is 1.30. The number of carbonyl (C=O) groups excluding carboxylic acids is 3. The normalized spacial score (nSPS) is 15.5. The molecule has 132 valence electrons. The van der Waals surface area contributed by atoms with Gasteiger partial charge in [0.15, 0.2) is 0 Å². The number of hydrogen-bond acceptors (Lipinski definition) is 5. The number of nitrogens with zero attached hydrogens (tertiary/aromatic N) is 2. The van der Waals surface area contributed by atoms with E-state index in [-0.39, 0.29) is 11.1 Å². The maximum absolute atomic E-state index is 12.7. The van der Waals surface area contributed by atoms with E-state index in [2.05, 4.69) is 0 Å². The van der Waals surface area contributed by atoms with Crippen molar-refractivity contribution >= 4 is 18.1 Å². The van der Waals surface area contributed by atoms with Gasteiger partial charge in [-0.3, -0.25) is 24.6 Å². The molecule has 2 atom stereocenters. The van der Waals surface area contributed by atoms with Crippen LogP contribution >= 0.6 is 0 Å². The number of fused-ring (bicyclic) bond motifs is 1. The van der Waals surface area contributed by atoms with Crippen LogP contribution in [0, 0.1) is 17.0 Å². The quantitative estimate of drug-likeness (QED) is 0.344. The minimum absolute atomic E-state index is 0.202. The Balaban J connectivity index is 2.03. The van der Waals surface area contributed by atoms with Gasteiger partial charge in [0, 0.05) is 4.92 Å². The topological polar surface area (TPSA) is 97.6 Å². The van der Waals surface area contributed by atoms with E-state index in [1.807, 2.05) is 6.92 Å². The van der Waals surface area contributed by atoms with Crippen LogP contribution in [0.1, 0.15) is 37.8 Å². The van der Waals surface area contributed by atoms with Crippen molar-refractivity contribution in [1.29, 1.82) is 0 Å². The molecular weight excluding hydrogens is 336 g/mol. The molecule has 0 N–H and O–H groups in total. The molecule has 1 heterocycles. The van der Waals surface area contributed by atoms with Crippen LogP contribution in [-0.4, -0.2) is 40.5 Å². The van der Waals surface area contributed by atoms with E-state index in [1.54, 1.807) is 36.4 Å². The zero-order valence-electron chi connectivity index (χ0n) is 14.0. The first-order valence-electron chi connectivity index (χ1n) is 8.04. The summed E-state index contributed by atoms with van der Waals surface area (Å²) < 4.78 is 0. The maximum Gasteiger partial charge on any atom is 0.262 e. The standard InChI is InChI=1S/C19H16N2O5/c1-12-6-8-13(9-7-12)16(10-20(25)26)17(11-22)21-18(23)14-4-2-3-5-15(14)19(21)24/h2-9,11,16-17H,10H2,1H3/t16-,17-/m0/s1. The fraction of sp³-hybridized carbons (Fsp3) is 0.211. The van der Waals surface area contributed by atoms with E-state index in [0.717, 1.165) is 10.5 Å². The lowest BCUT2D eigenvalue weighted by Gasteiger charge is -2.27. The Morgan fingerprint density at radius 3 is 2.04 bits per heavy atom. The van der Waals surface area contributed by atoms with Gasteiger partial charge in [0.25, 0.3) is 11.8 Å². The second-order valence-electron chi connectivity index (χ2n) is 6.19. The maximum atomic E-state index is 12.7. The summed E-state index contributed by atoms with van der Waals surface area (Å²) in [6.07, 6.45) is 0.440. The molecule has 7 heteroatoms. The number of rotatable bonds is 6. The molecular formula is C19H16N2O5. The number of aldehydes is 1. The minimum Gasteiger partial charge on any atom is -0.301 e. The molecule has 2 aromatic carbocycles. The van der Waals surface area contributed by atoms with Gasteiger partial charge in [-0.05, 0) is 24.6 Å². The highest BCUT2D eigenvalue weighted by Gasteiger charge is 2.44. The summed E-state index contributed by atoms with van der Waals surface area (Å²) in [5.41, 5.74) is 1.89. The van der Waals surface area contributed by atoms with E-state index in [9.17, 15) is 24.5 Å². The molecule has 0 unspecified atom stereocenters. The second kappa shape index (κ2) is 6.87. The third-order valence-electron chi connectivity index (χ3n) is 4.53. The number of nitro groups is 1. The van der Waals surface area contributed by atoms with E-state index < -0.39 is 35.2 Å². The highest BCUT2D eigenvalue weighted by atomic mass is 16.6. The molecule has 0 aliphatic carbocycles. The van der Waals surface area contributed by atoms with Crippen LogP contribution in [0.4, 0.5) is 0 Å². The Kier molecular flexibility index (Phi) is 4.62. The smallest absolute Gasteiger partial charge is 0.262 e. The molecule has 2 aromatic rings. The predicted molar refractivity (Wildman–Crippen MR) is 92.6 cm³/mol. The minimum atomic E-state index is -1.25. The molecule has 0 radical (unpaired) electrons. The first-order valence-corrected chi connectivity index (χ1v) is 8.04. The molecule has 26 heavy (non-hydrogen) atoms. The molecule has 7 nitrogen and oxygen atoms in total. The van der Waals surface area contributed by atoms with Gasteiger partial charge >= 0.3 is 0 Å². The van der Waals surface area contributed by atoms with Gasteiger partial charge < -0.3 is 4.79 Å². The van der Waals surface area contributed by atoms with Crippen molar-refractivity contribution in [3.63, 3.8) is 0 Å². The molecule has 0 spiro atoms. The van der Waals surface area contributed by atoms with Crippen molar-refractivity contribution in [1.82, 2.24) is 4.90 Å². The summed E-state index contributed by atoms with van der Waals surface area (Å²) >= 11 is 0. The first-order chi connectivity index (χ1) is 12.4. The molecule has 2 amide bonds. The van der Waals surface area contributed by atoms with Crippen molar-refractivity contribution in [3.8, 4) is 0 Å². The number of amides is 2. The van der Waals surface area contributed by atoms with Crippen LogP contribution in [0.3, 0.4) is 0 Å². The van der Waals surface area contributed by atoms with Crippen LogP contribution in [0.5, 0.6) is 0 Å². The number of hydrogen-bond donors (Lipinski definition) is 0. The van der Waals surface area contributed by atoms with Crippen LogP contribution < -0.4 is 0 Å². The Bertz CT molecular complexity index is 856. The van der Waals surface area contributed by atoms with E-state index in [0.29, 0.717) is 11.8 Å². The van der Waals surface area contributed by atoms with Crippen molar-refractivity contribution < 1.29 is 19.3 Å². The summed E-state index contributed by atoms with van der Waals surface area (Å²) in [6, 6.07) is 11.9. The Hall–Kier alpha value is -3.35. The Labute approximate surface area is 149 Å². The first kappa shape index (κ1) is 17.5. The number of imide groups is 1. The molecule has 0 aromatic heterocycles. The van der Waals surface area contributed by atoms with Crippen molar-refractivity contribution in [2.24, 2.45) is 0 Å². The van der Waals surface area contributed by atoms with E-state index in [1.165, 1.54) is 12.1 Å². The fourth-order valence-electron chi connectivity index (χ4n) is 3.20. The molecule has 0 saturated carbocycles. The summed E-state index contributed by atoms with van der Waals surface area (Å²) in [5, 5.41) is 11.2. The van der Waals surface area contributed by atoms with E-state index >= 15 is 0 Å². The molecule has 0 saturated heterocycles. The molecule has 1 aliphatic rings. The Morgan fingerprint density at radius 2 is 1.58 bits per heavy atom. The van der Waals surface area contributed by atoms with E-state index in [4.69, 9.17) is 0 Å². The van der Waals surface area contributed by atoms with Crippen LogP contribution in [0.15, 0.2) is 48.5 Å². The lowest BCUT2D eigenvalue weighted by molar-refractivity contribution is -0.484. The lowest BCUT2D eigenvalue weighted by atomic mass is 9.90. The van der Waals surface area contributed by atoms with Gasteiger partial charge in [-0.1, -0.05) is 42.0 Å². The summed E-state index contributed by atoms with van der Waals surface area (Å²) in [5.74, 6) is -2.14. The molecule has 0 bridgehead atoms. The Morgan fingerprint density at radius 1 is 1.04 bits per heavy atom. The van der Waals surface area contributed by atoms with Gasteiger partial charge in [0.05, 0.1) is 17.0 Å².